The maximum Gasteiger partial charge on any atom is 0.166 e. The van der Waals surface area contributed by atoms with Crippen LogP contribution in [0.4, 0.5) is 0 Å². The molecule has 0 aromatic heterocycles. The first-order valence-corrected chi connectivity index (χ1v) is 5.54. The fraction of sp³-hybridized carbons (Fsp3) is 0.250. The molecule has 3 nitrogen and oxygen atoms in total. The fourth-order valence-corrected chi connectivity index (χ4v) is 1.26. The molecular formula is C12H16N2OS. The Labute approximate surface area is 102 Å². The lowest BCUT2D eigenvalue weighted by atomic mass is 10.3. The maximum absolute atomic E-state index is 5.49. The van der Waals surface area contributed by atoms with Crippen LogP contribution in [0.5, 0.6) is 5.75 Å². The van der Waals surface area contributed by atoms with E-state index >= 15 is 0 Å². The Morgan fingerprint density at radius 1 is 1.31 bits per heavy atom. The predicted molar refractivity (Wildman–Crippen MR) is 70.7 cm³/mol. The number of hydrogen-bond donors (Lipinski definition) is 2. The smallest absolute Gasteiger partial charge is 0.166 e. The zero-order valence-electron chi connectivity index (χ0n) is 9.11. The lowest BCUT2D eigenvalue weighted by Gasteiger charge is -2.09. The second-order valence-corrected chi connectivity index (χ2v) is 3.50. The second kappa shape index (κ2) is 7.70. The number of thiocarbonyl (C=S) groups is 1. The number of benzene rings is 1. The Kier molecular flexibility index (Phi) is 6.03. The first-order valence-electron chi connectivity index (χ1n) is 5.13. The molecule has 0 saturated heterocycles. The molecule has 0 bridgehead atoms. The van der Waals surface area contributed by atoms with Crippen molar-refractivity contribution in [1.29, 1.82) is 0 Å². The number of para-hydroxylation sites is 1. The third kappa shape index (κ3) is 5.36. The average molecular weight is 236 g/mol. The zero-order chi connectivity index (χ0) is 11.6. The van der Waals surface area contributed by atoms with Crippen molar-refractivity contribution in [3.63, 3.8) is 0 Å². The van der Waals surface area contributed by atoms with Crippen LogP contribution in [0, 0.1) is 0 Å². The van der Waals surface area contributed by atoms with Crippen LogP contribution in [0.3, 0.4) is 0 Å². The van der Waals surface area contributed by atoms with E-state index in [9.17, 15) is 0 Å². The molecule has 16 heavy (non-hydrogen) atoms. The third-order valence-electron chi connectivity index (χ3n) is 1.81. The molecule has 86 valence electrons. The molecule has 0 aliphatic rings. The van der Waals surface area contributed by atoms with Crippen LogP contribution in [-0.2, 0) is 0 Å². The van der Waals surface area contributed by atoms with Gasteiger partial charge in [-0.15, -0.1) is 6.58 Å². The minimum Gasteiger partial charge on any atom is -0.492 e. The van der Waals surface area contributed by atoms with Crippen LogP contribution >= 0.6 is 12.2 Å². The zero-order valence-corrected chi connectivity index (χ0v) is 9.93. The van der Waals surface area contributed by atoms with E-state index in [0.29, 0.717) is 24.8 Å². The summed E-state index contributed by atoms with van der Waals surface area (Å²) in [7, 11) is 0. The van der Waals surface area contributed by atoms with Crippen molar-refractivity contribution in [1.82, 2.24) is 10.6 Å². The van der Waals surface area contributed by atoms with Crippen LogP contribution in [-0.4, -0.2) is 24.8 Å². The Balaban J connectivity index is 2.08. The van der Waals surface area contributed by atoms with Crippen molar-refractivity contribution in [3.05, 3.63) is 43.0 Å². The molecule has 0 saturated carbocycles. The Morgan fingerprint density at radius 2 is 2.06 bits per heavy atom. The first-order chi connectivity index (χ1) is 7.83. The summed E-state index contributed by atoms with van der Waals surface area (Å²) in [5.41, 5.74) is 0. The number of rotatable bonds is 6. The molecule has 1 aromatic rings. The molecule has 0 amide bonds. The second-order valence-electron chi connectivity index (χ2n) is 3.09. The van der Waals surface area contributed by atoms with Crippen LogP contribution in [0.15, 0.2) is 43.0 Å². The van der Waals surface area contributed by atoms with E-state index in [1.54, 1.807) is 6.08 Å². The molecule has 0 spiro atoms. The van der Waals surface area contributed by atoms with Gasteiger partial charge in [-0.3, -0.25) is 0 Å². The highest BCUT2D eigenvalue weighted by Crippen LogP contribution is 2.07. The number of nitrogens with one attached hydrogen (secondary N) is 2. The van der Waals surface area contributed by atoms with Crippen LogP contribution in [0.2, 0.25) is 0 Å². The topological polar surface area (TPSA) is 33.3 Å². The minimum atomic E-state index is 0.583. The molecule has 0 fully saturated rings. The normalized spacial score (nSPS) is 9.25. The summed E-state index contributed by atoms with van der Waals surface area (Å²) >= 11 is 5.02. The minimum absolute atomic E-state index is 0.583. The lowest BCUT2D eigenvalue weighted by molar-refractivity contribution is 0.322. The summed E-state index contributed by atoms with van der Waals surface area (Å²) in [6, 6.07) is 9.69. The van der Waals surface area contributed by atoms with Gasteiger partial charge >= 0.3 is 0 Å². The molecule has 0 radical (unpaired) electrons. The van der Waals surface area contributed by atoms with Gasteiger partial charge in [0.1, 0.15) is 12.4 Å². The average Bonchev–Trinajstić information content (AvgIpc) is 2.33. The Hall–Kier alpha value is -1.55. The standard InChI is InChI=1S/C12H16N2OS/c1-2-8-13-12(16)14-9-10-15-11-6-4-3-5-7-11/h2-7H,1,8-10H2,(H2,13,14,16). The van der Waals surface area contributed by atoms with Crippen molar-refractivity contribution in [2.75, 3.05) is 19.7 Å². The molecule has 2 N–H and O–H groups in total. The first kappa shape index (κ1) is 12.5. The van der Waals surface area contributed by atoms with Gasteiger partial charge in [0.05, 0.1) is 6.54 Å². The van der Waals surface area contributed by atoms with E-state index in [2.05, 4.69) is 17.2 Å². The molecule has 1 aromatic carbocycles. The Bertz CT molecular complexity index is 327. The van der Waals surface area contributed by atoms with Crippen molar-refractivity contribution < 1.29 is 4.74 Å². The largest absolute Gasteiger partial charge is 0.492 e. The summed E-state index contributed by atoms with van der Waals surface area (Å²) in [4.78, 5) is 0. The van der Waals surface area contributed by atoms with Gasteiger partial charge in [-0.25, -0.2) is 0 Å². The van der Waals surface area contributed by atoms with Gasteiger partial charge < -0.3 is 15.4 Å². The molecule has 1 rings (SSSR count). The summed E-state index contributed by atoms with van der Waals surface area (Å²) in [6.07, 6.45) is 1.76. The summed E-state index contributed by atoms with van der Waals surface area (Å²) < 4.78 is 5.49. The quantitative estimate of drug-likeness (QED) is 0.447. The summed E-state index contributed by atoms with van der Waals surface area (Å²) in [6.45, 7) is 5.53. The molecule has 0 heterocycles. The van der Waals surface area contributed by atoms with E-state index < -0.39 is 0 Å². The molecular weight excluding hydrogens is 220 g/mol. The van der Waals surface area contributed by atoms with Crippen molar-refractivity contribution in [2.45, 2.75) is 0 Å². The monoisotopic (exact) mass is 236 g/mol. The van der Waals surface area contributed by atoms with Gasteiger partial charge in [0.25, 0.3) is 0 Å². The van der Waals surface area contributed by atoms with Gasteiger partial charge in [-0.2, -0.15) is 0 Å². The van der Waals surface area contributed by atoms with Crippen LogP contribution in [0.25, 0.3) is 0 Å². The van der Waals surface area contributed by atoms with Gasteiger partial charge in [-0.05, 0) is 24.4 Å². The van der Waals surface area contributed by atoms with Crippen LogP contribution < -0.4 is 15.4 Å². The van der Waals surface area contributed by atoms with Gasteiger partial charge in [0.15, 0.2) is 5.11 Å². The van der Waals surface area contributed by atoms with Crippen molar-refractivity contribution in [3.8, 4) is 5.75 Å². The molecule has 0 unspecified atom stereocenters. The Morgan fingerprint density at radius 3 is 2.75 bits per heavy atom. The highest BCUT2D eigenvalue weighted by Gasteiger charge is 1.93. The van der Waals surface area contributed by atoms with Gasteiger partial charge in [0.2, 0.25) is 0 Å². The molecule has 4 heteroatoms. The third-order valence-corrected chi connectivity index (χ3v) is 2.10. The van der Waals surface area contributed by atoms with Gasteiger partial charge in [0, 0.05) is 6.54 Å². The fourth-order valence-electron chi connectivity index (χ4n) is 1.08. The molecule has 0 atom stereocenters. The molecule has 0 aliphatic heterocycles. The highest BCUT2D eigenvalue weighted by molar-refractivity contribution is 7.80. The van der Waals surface area contributed by atoms with E-state index in [0.717, 1.165) is 5.75 Å². The summed E-state index contributed by atoms with van der Waals surface area (Å²) in [5.74, 6) is 0.870. The van der Waals surface area contributed by atoms with E-state index in [4.69, 9.17) is 17.0 Å². The molecule has 0 aliphatic carbocycles. The number of ether oxygens (including phenoxy) is 1. The van der Waals surface area contributed by atoms with Gasteiger partial charge in [-0.1, -0.05) is 24.3 Å². The van der Waals surface area contributed by atoms with Crippen molar-refractivity contribution >= 4 is 17.3 Å². The highest BCUT2D eigenvalue weighted by atomic mass is 32.1. The van der Waals surface area contributed by atoms with Crippen LogP contribution in [0.1, 0.15) is 0 Å². The predicted octanol–water partition coefficient (Wildman–Crippen LogP) is 1.72. The lowest BCUT2D eigenvalue weighted by Crippen LogP contribution is -2.37. The summed E-state index contributed by atoms with van der Waals surface area (Å²) in [5, 5.41) is 6.63. The van der Waals surface area contributed by atoms with E-state index in [1.807, 2.05) is 30.3 Å². The van der Waals surface area contributed by atoms with E-state index in [-0.39, 0.29) is 0 Å². The number of hydrogen-bond acceptors (Lipinski definition) is 2. The maximum atomic E-state index is 5.49. The van der Waals surface area contributed by atoms with E-state index in [1.165, 1.54) is 0 Å². The van der Waals surface area contributed by atoms with Crippen molar-refractivity contribution in [2.24, 2.45) is 0 Å². The SMILES string of the molecule is C=CCNC(=S)NCCOc1ccccc1.